The largest absolute Gasteiger partial charge is 0.480 e. The lowest BCUT2D eigenvalue weighted by Crippen LogP contribution is -2.50. The molecule has 3 atom stereocenters. The molecule has 0 saturated heterocycles. The molecule has 0 aliphatic carbocycles. The van der Waals surface area contributed by atoms with Crippen LogP contribution >= 0.6 is 0 Å². The van der Waals surface area contributed by atoms with Crippen LogP contribution in [0.25, 0.3) is 0 Å². The lowest BCUT2D eigenvalue weighted by atomic mass is 10.1. The van der Waals surface area contributed by atoms with E-state index in [1.807, 2.05) is 0 Å². The molecule has 0 aromatic carbocycles. The van der Waals surface area contributed by atoms with Gasteiger partial charge in [-0.15, -0.1) is 0 Å². The van der Waals surface area contributed by atoms with E-state index in [-0.39, 0.29) is 12.8 Å². The van der Waals surface area contributed by atoms with E-state index in [9.17, 15) is 24.0 Å². The van der Waals surface area contributed by atoms with E-state index in [4.69, 9.17) is 21.7 Å². The molecule has 0 aromatic heterocycles. The van der Waals surface area contributed by atoms with Crippen LogP contribution in [0.2, 0.25) is 0 Å². The van der Waals surface area contributed by atoms with E-state index in [1.54, 1.807) is 0 Å². The molecule has 4 amide bonds. The Labute approximate surface area is 143 Å². The van der Waals surface area contributed by atoms with E-state index in [2.05, 4.69) is 16.0 Å². The molecule has 0 aliphatic heterocycles. The Bertz CT molecular complexity index is 523. The third kappa shape index (κ3) is 9.88. The zero-order valence-corrected chi connectivity index (χ0v) is 13.7. The van der Waals surface area contributed by atoms with Crippen LogP contribution in [0.3, 0.4) is 0 Å². The molecule has 142 valence electrons. The molecule has 0 aliphatic rings. The Morgan fingerprint density at radius 2 is 1.60 bits per heavy atom. The van der Waals surface area contributed by atoms with Gasteiger partial charge in [0, 0.05) is 6.42 Å². The second-order valence-electron chi connectivity index (χ2n) is 5.22. The van der Waals surface area contributed by atoms with Gasteiger partial charge in [0.25, 0.3) is 0 Å². The Kier molecular flexibility index (Phi) is 9.74. The molecule has 3 unspecified atom stereocenters. The monoisotopic (exact) mass is 361 g/mol. The first-order valence-electron chi connectivity index (χ1n) is 7.33. The maximum absolute atomic E-state index is 11.6. The second-order valence-corrected chi connectivity index (χ2v) is 5.22. The number of carboxylic acid groups (broad SMARTS) is 1. The standard InChI is InChI=1S/C13H23N5O7/c1-6(19)11(15)12(23)17-4-9(21)16-5-10(22)18-7(13(24)25)2-3-8(14)20/h6-7,11,19H,2-5,15H2,1H3,(H2,14,20)(H,16,21)(H,17,23)(H,18,22)(H,24,25). The summed E-state index contributed by atoms with van der Waals surface area (Å²) >= 11 is 0. The number of nitrogens with one attached hydrogen (secondary N) is 3. The Balaban J connectivity index is 4.22. The molecule has 0 saturated carbocycles. The number of hydrogen-bond acceptors (Lipinski definition) is 7. The molecular formula is C13H23N5O7. The maximum Gasteiger partial charge on any atom is 0.326 e. The predicted molar refractivity (Wildman–Crippen MR) is 83.7 cm³/mol. The number of aliphatic carboxylic acids is 1. The van der Waals surface area contributed by atoms with Gasteiger partial charge in [-0.2, -0.15) is 0 Å². The van der Waals surface area contributed by atoms with Gasteiger partial charge in [-0.1, -0.05) is 0 Å². The number of primary amides is 1. The molecule has 0 heterocycles. The Morgan fingerprint density at radius 3 is 2.08 bits per heavy atom. The van der Waals surface area contributed by atoms with Crippen LogP contribution in [0.4, 0.5) is 0 Å². The van der Waals surface area contributed by atoms with Gasteiger partial charge in [-0.05, 0) is 13.3 Å². The summed E-state index contributed by atoms with van der Waals surface area (Å²) in [5, 5.41) is 24.5. The summed E-state index contributed by atoms with van der Waals surface area (Å²) in [7, 11) is 0. The molecule has 0 aromatic rings. The molecule has 0 fully saturated rings. The summed E-state index contributed by atoms with van der Waals surface area (Å²) in [5.41, 5.74) is 10.3. The van der Waals surface area contributed by atoms with E-state index < -0.39 is 60.9 Å². The smallest absolute Gasteiger partial charge is 0.326 e. The van der Waals surface area contributed by atoms with Crippen molar-refractivity contribution in [3.63, 3.8) is 0 Å². The number of hydrogen-bond donors (Lipinski definition) is 7. The third-order valence-electron chi connectivity index (χ3n) is 3.00. The summed E-state index contributed by atoms with van der Waals surface area (Å²) in [6.07, 6.45) is -1.50. The number of carbonyl (C=O) groups is 5. The van der Waals surface area contributed by atoms with E-state index in [0.717, 1.165) is 0 Å². The summed E-state index contributed by atoms with van der Waals surface area (Å²) in [5.74, 6) is -4.31. The van der Waals surface area contributed by atoms with Crippen molar-refractivity contribution >= 4 is 29.6 Å². The van der Waals surface area contributed by atoms with Crippen molar-refractivity contribution in [3.05, 3.63) is 0 Å². The first-order chi connectivity index (χ1) is 11.5. The molecule has 12 heteroatoms. The second kappa shape index (κ2) is 10.9. The van der Waals surface area contributed by atoms with E-state index >= 15 is 0 Å². The number of carboxylic acids is 1. The highest BCUT2D eigenvalue weighted by Gasteiger charge is 2.21. The van der Waals surface area contributed by atoms with Crippen LogP contribution in [0.15, 0.2) is 0 Å². The minimum absolute atomic E-state index is 0.183. The van der Waals surface area contributed by atoms with Gasteiger partial charge in [-0.3, -0.25) is 19.2 Å². The fourth-order valence-corrected chi connectivity index (χ4v) is 1.54. The normalized spacial score (nSPS) is 13.9. The molecule has 0 rings (SSSR count). The number of aliphatic hydroxyl groups excluding tert-OH is 1. The Hall–Kier alpha value is -2.73. The van der Waals surface area contributed by atoms with Gasteiger partial charge >= 0.3 is 5.97 Å². The predicted octanol–water partition coefficient (Wildman–Crippen LogP) is -4.24. The van der Waals surface area contributed by atoms with Gasteiger partial charge in [0.05, 0.1) is 19.2 Å². The van der Waals surface area contributed by atoms with E-state index in [1.165, 1.54) is 6.92 Å². The quantitative estimate of drug-likeness (QED) is 0.191. The van der Waals surface area contributed by atoms with E-state index in [0.29, 0.717) is 0 Å². The SMILES string of the molecule is CC(O)C(N)C(=O)NCC(=O)NCC(=O)NC(CCC(N)=O)C(=O)O. The lowest BCUT2D eigenvalue weighted by Gasteiger charge is -2.15. The highest BCUT2D eigenvalue weighted by molar-refractivity contribution is 5.91. The average molecular weight is 361 g/mol. The Morgan fingerprint density at radius 1 is 1.04 bits per heavy atom. The molecule has 25 heavy (non-hydrogen) atoms. The fraction of sp³-hybridized carbons (Fsp3) is 0.615. The summed E-state index contributed by atoms with van der Waals surface area (Å²) in [6.45, 7) is 0.305. The number of aliphatic hydroxyl groups is 1. The van der Waals surface area contributed by atoms with Crippen LogP contribution in [0, 0.1) is 0 Å². The lowest BCUT2D eigenvalue weighted by molar-refractivity contribution is -0.142. The van der Waals surface area contributed by atoms with Gasteiger partial charge < -0.3 is 37.6 Å². The fourth-order valence-electron chi connectivity index (χ4n) is 1.54. The van der Waals surface area contributed by atoms with Gasteiger partial charge in [-0.25, -0.2) is 4.79 Å². The highest BCUT2D eigenvalue weighted by atomic mass is 16.4. The zero-order valence-electron chi connectivity index (χ0n) is 13.7. The van der Waals surface area contributed by atoms with Gasteiger partial charge in [0.1, 0.15) is 12.1 Å². The first-order valence-corrected chi connectivity index (χ1v) is 7.33. The van der Waals surface area contributed by atoms with Crippen molar-refractivity contribution in [2.45, 2.75) is 38.0 Å². The maximum atomic E-state index is 11.6. The van der Waals surface area contributed by atoms with Crippen LogP contribution in [-0.4, -0.2) is 71.1 Å². The van der Waals surface area contributed by atoms with Crippen LogP contribution in [-0.2, 0) is 24.0 Å². The number of nitrogens with two attached hydrogens (primary N) is 2. The molecule has 0 bridgehead atoms. The topological polar surface area (TPSA) is 214 Å². The minimum Gasteiger partial charge on any atom is -0.480 e. The number of carbonyl (C=O) groups excluding carboxylic acids is 4. The molecular weight excluding hydrogens is 338 g/mol. The van der Waals surface area contributed by atoms with Crippen LogP contribution in [0.5, 0.6) is 0 Å². The van der Waals surface area contributed by atoms with Gasteiger partial charge in [0.15, 0.2) is 0 Å². The molecule has 12 nitrogen and oxygen atoms in total. The molecule has 0 radical (unpaired) electrons. The molecule has 0 spiro atoms. The summed E-state index contributed by atoms with van der Waals surface area (Å²) in [4.78, 5) is 56.1. The van der Waals surface area contributed by atoms with Crippen molar-refractivity contribution in [1.29, 1.82) is 0 Å². The molecule has 9 N–H and O–H groups in total. The van der Waals surface area contributed by atoms with Crippen molar-refractivity contribution in [1.82, 2.24) is 16.0 Å². The van der Waals surface area contributed by atoms with Crippen molar-refractivity contribution in [3.8, 4) is 0 Å². The number of amides is 4. The zero-order chi connectivity index (χ0) is 19.6. The van der Waals surface area contributed by atoms with Crippen molar-refractivity contribution < 1.29 is 34.2 Å². The first kappa shape index (κ1) is 22.3. The minimum atomic E-state index is -1.35. The third-order valence-corrected chi connectivity index (χ3v) is 3.00. The van der Waals surface area contributed by atoms with Crippen molar-refractivity contribution in [2.24, 2.45) is 11.5 Å². The van der Waals surface area contributed by atoms with Crippen molar-refractivity contribution in [2.75, 3.05) is 13.1 Å². The average Bonchev–Trinajstić information content (AvgIpc) is 2.52. The summed E-state index contributed by atoms with van der Waals surface area (Å²) in [6, 6.07) is -2.52. The highest BCUT2D eigenvalue weighted by Crippen LogP contribution is 1.97. The van der Waals surface area contributed by atoms with Gasteiger partial charge in [0.2, 0.25) is 23.6 Å². The number of rotatable bonds is 11. The summed E-state index contributed by atoms with van der Waals surface area (Å²) < 4.78 is 0. The van der Waals surface area contributed by atoms with Crippen LogP contribution in [0.1, 0.15) is 19.8 Å². The van der Waals surface area contributed by atoms with Crippen LogP contribution < -0.4 is 27.4 Å².